The van der Waals surface area contributed by atoms with Gasteiger partial charge in [-0.25, -0.2) is 0 Å². The van der Waals surface area contributed by atoms with Gasteiger partial charge in [-0.15, -0.1) is 0 Å². The predicted molar refractivity (Wildman–Crippen MR) is 51.1 cm³/mol. The number of anilines is 2. The van der Waals surface area contributed by atoms with Crippen molar-refractivity contribution < 1.29 is 4.84 Å². The first-order chi connectivity index (χ1) is 6.31. The van der Waals surface area contributed by atoms with Gasteiger partial charge in [0, 0.05) is 5.39 Å². The Morgan fingerprint density at radius 2 is 2.38 bits per heavy atom. The van der Waals surface area contributed by atoms with Crippen LogP contribution in [0.2, 0.25) is 0 Å². The molecule has 5 heteroatoms. The Morgan fingerprint density at radius 3 is 3.15 bits per heavy atom. The summed E-state index contributed by atoms with van der Waals surface area (Å²) in [6, 6.07) is 5.63. The Bertz CT molecular complexity index is 423. The quantitative estimate of drug-likeness (QED) is 0.602. The third kappa shape index (κ3) is 1.29. The molecule has 0 atom stereocenters. The number of aromatic nitrogens is 2. The summed E-state index contributed by atoms with van der Waals surface area (Å²) < 4.78 is 0. The minimum Gasteiger partial charge on any atom is -0.382 e. The molecule has 0 unspecified atom stereocenters. The molecule has 4 N–H and O–H groups in total. The van der Waals surface area contributed by atoms with Crippen LogP contribution in [0.1, 0.15) is 0 Å². The molecule has 1 aromatic heterocycles. The number of benzene rings is 1. The summed E-state index contributed by atoms with van der Waals surface area (Å²) in [5.41, 5.74) is 10.1. The lowest BCUT2D eigenvalue weighted by Crippen LogP contribution is -1.94. The summed E-state index contributed by atoms with van der Waals surface area (Å²) in [7, 11) is 1.56. The predicted octanol–water partition coefficient (Wildman–Crippen LogP) is 1.12. The zero-order chi connectivity index (χ0) is 9.26. The Labute approximate surface area is 74.8 Å². The average molecular weight is 178 g/mol. The van der Waals surface area contributed by atoms with Gasteiger partial charge >= 0.3 is 0 Å². The monoisotopic (exact) mass is 178 g/mol. The first kappa shape index (κ1) is 7.88. The van der Waals surface area contributed by atoms with Crippen molar-refractivity contribution in [3.63, 3.8) is 0 Å². The molecule has 0 radical (unpaired) electrons. The summed E-state index contributed by atoms with van der Waals surface area (Å²) in [5.74, 6) is 0.513. The third-order valence-corrected chi connectivity index (χ3v) is 1.81. The lowest BCUT2D eigenvalue weighted by Gasteiger charge is -2.01. The van der Waals surface area contributed by atoms with E-state index in [0.29, 0.717) is 5.82 Å². The zero-order valence-corrected chi connectivity index (χ0v) is 7.16. The maximum Gasteiger partial charge on any atom is 0.153 e. The number of aromatic amines is 1. The van der Waals surface area contributed by atoms with Crippen molar-refractivity contribution in [2.24, 2.45) is 0 Å². The van der Waals surface area contributed by atoms with Gasteiger partial charge in [-0.2, -0.15) is 5.10 Å². The van der Waals surface area contributed by atoms with Gasteiger partial charge in [0.05, 0.1) is 18.3 Å². The molecule has 0 aliphatic carbocycles. The first-order valence-electron chi connectivity index (χ1n) is 3.84. The highest BCUT2D eigenvalue weighted by atomic mass is 16.6. The molecular formula is C8H10N4O. The lowest BCUT2D eigenvalue weighted by molar-refractivity contribution is 0.271. The molecule has 13 heavy (non-hydrogen) atoms. The van der Waals surface area contributed by atoms with Crippen molar-refractivity contribution in [1.82, 2.24) is 10.2 Å². The SMILES string of the molecule is CONc1ccc2c(N)n[nH]c2c1. The van der Waals surface area contributed by atoms with E-state index in [4.69, 9.17) is 10.6 Å². The number of nitrogens with one attached hydrogen (secondary N) is 2. The molecule has 5 nitrogen and oxygen atoms in total. The molecule has 2 rings (SSSR count). The molecule has 0 spiro atoms. The molecule has 1 aromatic carbocycles. The second-order valence-corrected chi connectivity index (χ2v) is 2.68. The molecule has 0 bridgehead atoms. The van der Waals surface area contributed by atoms with E-state index < -0.39 is 0 Å². The minimum atomic E-state index is 0.513. The van der Waals surface area contributed by atoms with E-state index in [1.54, 1.807) is 7.11 Å². The summed E-state index contributed by atoms with van der Waals surface area (Å²) in [4.78, 5) is 4.77. The van der Waals surface area contributed by atoms with Gasteiger partial charge < -0.3 is 5.73 Å². The number of H-pyrrole nitrogens is 1. The molecule has 0 fully saturated rings. The standard InChI is InChI=1S/C8H10N4O/c1-13-12-5-2-3-6-7(4-5)10-11-8(6)9/h2-4,12H,1H3,(H3,9,10,11). The van der Waals surface area contributed by atoms with Crippen LogP contribution in [0.5, 0.6) is 0 Å². The van der Waals surface area contributed by atoms with Gasteiger partial charge in [0.1, 0.15) is 0 Å². The highest BCUT2D eigenvalue weighted by Gasteiger charge is 2.01. The van der Waals surface area contributed by atoms with E-state index in [-0.39, 0.29) is 0 Å². The molecular weight excluding hydrogens is 168 g/mol. The van der Waals surface area contributed by atoms with E-state index in [1.807, 2.05) is 18.2 Å². The van der Waals surface area contributed by atoms with Gasteiger partial charge in [0.25, 0.3) is 0 Å². The Hall–Kier alpha value is -1.75. The van der Waals surface area contributed by atoms with Gasteiger partial charge in [-0.05, 0) is 18.2 Å². The van der Waals surface area contributed by atoms with Crippen LogP contribution >= 0.6 is 0 Å². The maximum absolute atomic E-state index is 5.61. The van der Waals surface area contributed by atoms with Crippen LogP contribution in [-0.4, -0.2) is 17.3 Å². The number of nitrogens with zero attached hydrogens (tertiary/aromatic N) is 1. The number of nitrogens with two attached hydrogens (primary N) is 1. The largest absolute Gasteiger partial charge is 0.382 e. The van der Waals surface area contributed by atoms with Crippen LogP contribution in [-0.2, 0) is 4.84 Å². The summed E-state index contributed by atoms with van der Waals surface area (Å²) in [6.45, 7) is 0. The van der Waals surface area contributed by atoms with Crippen LogP contribution in [0.4, 0.5) is 11.5 Å². The minimum absolute atomic E-state index is 0.513. The van der Waals surface area contributed by atoms with Gasteiger partial charge in [-0.3, -0.25) is 15.4 Å². The zero-order valence-electron chi connectivity index (χ0n) is 7.16. The highest BCUT2D eigenvalue weighted by Crippen LogP contribution is 2.21. The molecule has 0 saturated carbocycles. The smallest absolute Gasteiger partial charge is 0.153 e. The summed E-state index contributed by atoms with van der Waals surface area (Å²) >= 11 is 0. The fourth-order valence-corrected chi connectivity index (χ4v) is 1.22. The average Bonchev–Trinajstić information content (AvgIpc) is 2.48. The van der Waals surface area contributed by atoms with Crippen molar-refractivity contribution in [3.05, 3.63) is 18.2 Å². The molecule has 2 aromatic rings. The van der Waals surface area contributed by atoms with E-state index in [9.17, 15) is 0 Å². The number of nitrogen functional groups attached to an aromatic ring is 1. The van der Waals surface area contributed by atoms with Gasteiger partial charge in [0.15, 0.2) is 5.82 Å². The molecule has 0 aliphatic rings. The van der Waals surface area contributed by atoms with Crippen LogP contribution < -0.4 is 11.2 Å². The fourth-order valence-electron chi connectivity index (χ4n) is 1.22. The lowest BCUT2D eigenvalue weighted by atomic mass is 10.2. The van der Waals surface area contributed by atoms with Crippen LogP contribution in [0, 0.1) is 0 Å². The third-order valence-electron chi connectivity index (χ3n) is 1.81. The fraction of sp³-hybridized carbons (Fsp3) is 0.125. The molecule has 0 amide bonds. The van der Waals surface area contributed by atoms with Crippen molar-refractivity contribution in [2.75, 3.05) is 18.3 Å². The van der Waals surface area contributed by atoms with E-state index in [1.165, 1.54) is 0 Å². The second kappa shape index (κ2) is 2.95. The number of hydrogen-bond acceptors (Lipinski definition) is 4. The molecule has 0 aliphatic heterocycles. The van der Waals surface area contributed by atoms with Crippen molar-refractivity contribution in [3.8, 4) is 0 Å². The first-order valence-corrected chi connectivity index (χ1v) is 3.84. The van der Waals surface area contributed by atoms with Crippen molar-refractivity contribution >= 4 is 22.4 Å². The highest BCUT2D eigenvalue weighted by molar-refractivity contribution is 5.90. The van der Waals surface area contributed by atoms with E-state index in [0.717, 1.165) is 16.6 Å². The maximum atomic E-state index is 5.61. The van der Waals surface area contributed by atoms with E-state index in [2.05, 4.69) is 15.7 Å². The van der Waals surface area contributed by atoms with E-state index >= 15 is 0 Å². The van der Waals surface area contributed by atoms with Gasteiger partial charge in [0.2, 0.25) is 0 Å². The van der Waals surface area contributed by atoms with Gasteiger partial charge in [-0.1, -0.05) is 0 Å². The topological polar surface area (TPSA) is 76.0 Å². The number of fused-ring (bicyclic) bond motifs is 1. The Morgan fingerprint density at radius 1 is 1.54 bits per heavy atom. The molecule has 1 heterocycles. The Kier molecular flexibility index (Phi) is 1.79. The van der Waals surface area contributed by atoms with Crippen molar-refractivity contribution in [1.29, 1.82) is 0 Å². The molecule has 0 saturated heterocycles. The second-order valence-electron chi connectivity index (χ2n) is 2.68. The molecule has 68 valence electrons. The summed E-state index contributed by atoms with van der Waals surface area (Å²) in [5, 5.41) is 7.62. The number of rotatable bonds is 2. The summed E-state index contributed by atoms with van der Waals surface area (Å²) in [6.07, 6.45) is 0. The van der Waals surface area contributed by atoms with Crippen LogP contribution in [0.3, 0.4) is 0 Å². The Balaban J connectivity index is 2.50. The normalized spacial score (nSPS) is 10.5. The number of hydrogen-bond donors (Lipinski definition) is 3. The van der Waals surface area contributed by atoms with Crippen LogP contribution in [0.25, 0.3) is 10.9 Å². The van der Waals surface area contributed by atoms with Crippen molar-refractivity contribution in [2.45, 2.75) is 0 Å². The van der Waals surface area contributed by atoms with Crippen LogP contribution in [0.15, 0.2) is 18.2 Å².